The van der Waals surface area contributed by atoms with Crippen molar-refractivity contribution < 1.29 is 28.3 Å². The number of amides is 1. The number of fused-ring (bicyclic) bond motifs is 1. The molecule has 1 aromatic carbocycles. The minimum atomic E-state index is -2.04. The van der Waals surface area contributed by atoms with Crippen LogP contribution < -0.4 is 5.32 Å². The minimum absolute atomic E-state index is 0.613. The van der Waals surface area contributed by atoms with Gasteiger partial charge in [0.05, 0.1) is 11.3 Å². The topological polar surface area (TPSA) is 83.5 Å². The van der Waals surface area contributed by atoms with Crippen LogP contribution in [-0.2, 0) is 9.59 Å². The fourth-order valence-corrected chi connectivity index (χ4v) is 1.60. The van der Waals surface area contributed by atoms with Gasteiger partial charge in [-0.05, 0) is 12.1 Å². The second-order valence-electron chi connectivity index (χ2n) is 3.40. The van der Waals surface area contributed by atoms with E-state index in [0.717, 1.165) is 6.07 Å². The van der Waals surface area contributed by atoms with Gasteiger partial charge in [-0.15, -0.1) is 0 Å². The molecule has 0 saturated heterocycles. The lowest BCUT2D eigenvalue weighted by molar-refractivity contribution is -0.143. The maximum Gasteiger partial charge on any atom is 0.324 e. The van der Waals surface area contributed by atoms with Gasteiger partial charge in [0.15, 0.2) is 11.7 Å². The summed E-state index contributed by atoms with van der Waals surface area (Å²) in [6.45, 7) is 0. The molecule has 1 atom stereocenters. The van der Waals surface area contributed by atoms with Gasteiger partial charge in [-0.1, -0.05) is 0 Å². The summed E-state index contributed by atoms with van der Waals surface area (Å²) >= 11 is 0. The number of hydrogen-bond donors (Lipinski definition) is 2. The van der Waals surface area contributed by atoms with Crippen LogP contribution in [0.25, 0.3) is 0 Å². The first-order valence-electron chi connectivity index (χ1n) is 4.49. The van der Waals surface area contributed by atoms with Crippen molar-refractivity contribution in [2.45, 2.75) is 0 Å². The SMILES string of the molecule is O=C(O)C1C(=O)Nc2c(F)ccc(F)c2C1=O. The quantitative estimate of drug-likeness (QED) is 0.712. The van der Waals surface area contributed by atoms with E-state index in [9.17, 15) is 23.2 Å². The normalized spacial score (nSPS) is 18.6. The van der Waals surface area contributed by atoms with Crippen molar-refractivity contribution in [1.29, 1.82) is 0 Å². The Morgan fingerprint density at radius 2 is 1.82 bits per heavy atom. The van der Waals surface area contributed by atoms with Crippen molar-refractivity contribution in [2.24, 2.45) is 5.92 Å². The summed E-state index contributed by atoms with van der Waals surface area (Å²) < 4.78 is 26.6. The van der Waals surface area contributed by atoms with Crippen LogP contribution in [0.15, 0.2) is 12.1 Å². The van der Waals surface area contributed by atoms with Gasteiger partial charge < -0.3 is 10.4 Å². The summed E-state index contributed by atoms with van der Waals surface area (Å²) in [7, 11) is 0. The molecule has 1 aliphatic rings. The molecule has 0 saturated carbocycles. The van der Waals surface area contributed by atoms with Gasteiger partial charge in [0.25, 0.3) is 0 Å². The molecule has 0 aromatic heterocycles. The van der Waals surface area contributed by atoms with E-state index in [4.69, 9.17) is 5.11 Å². The lowest BCUT2D eigenvalue weighted by Crippen LogP contribution is -2.41. The first-order valence-corrected chi connectivity index (χ1v) is 4.49. The second kappa shape index (κ2) is 3.62. The fourth-order valence-electron chi connectivity index (χ4n) is 1.60. The van der Waals surface area contributed by atoms with Crippen molar-refractivity contribution >= 4 is 23.3 Å². The predicted octanol–water partition coefficient (Wildman–Crippen LogP) is 0.800. The number of aliphatic carboxylic acids is 1. The van der Waals surface area contributed by atoms with Gasteiger partial charge in [0.2, 0.25) is 5.91 Å². The van der Waals surface area contributed by atoms with E-state index in [-0.39, 0.29) is 0 Å². The molecule has 0 radical (unpaired) electrons. The third-order valence-electron chi connectivity index (χ3n) is 2.37. The number of carbonyl (C=O) groups excluding carboxylic acids is 2. The van der Waals surface area contributed by atoms with Crippen molar-refractivity contribution in [3.63, 3.8) is 0 Å². The molecule has 17 heavy (non-hydrogen) atoms. The van der Waals surface area contributed by atoms with Crippen LogP contribution in [0, 0.1) is 17.6 Å². The lowest BCUT2D eigenvalue weighted by atomic mass is 9.91. The molecule has 2 N–H and O–H groups in total. The second-order valence-corrected chi connectivity index (χ2v) is 3.40. The van der Waals surface area contributed by atoms with Gasteiger partial charge in [0, 0.05) is 0 Å². The third kappa shape index (κ3) is 1.55. The smallest absolute Gasteiger partial charge is 0.324 e. The first kappa shape index (κ1) is 11.2. The first-order chi connectivity index (χ1) is 7.93. The Hall–Kier alpha value is -2.31. The van der Waals surface area contributed by atoms with Crippen molar-refractivity contribution in [3.8, 4) is 0 Å². The molecule has 0 bridgehead atoms. The van der Waals surface area contributed by atoms with E-state index in [2.05, 4.69) is 0 Å². The van der Waals surface area contributed by atoms with Crippen LogP contribution in [0.4, 0.5) is 14.5 Å². The number of rotatable bonds is 1. The number of carboxylic acids is 1. The lowest BCUT2D eigenvalue weighted by Gasteiger charge is -2.21. The summed E-state index contributed by atoms with van der Waals surface area (Å²) in [5.41, 5.74) is -1.35. The highest BCUT2D eigenvalue weighted by Crippen LogP contribution is 2.30. The van der Waals surface area contributed by atoms with Crippen molar-refractivity contribution in [3.05, 3.63) is 29.3 Å². The Labute approximate surface area is 93.0 Å². The van der Waals surface area contributed by atoms with E-state index in [0.29, 0.717) is 6.07 Å². The van der Waals surface area contributed by atoms with Gasteiger partial charge >= 0.3 is 5.97 Å². The van der Waals surface area contributed by atoms with Gasteiger partial charge in [-0.3, -0.25) is 14.4 Å². The Kier molecular flexibility index (Phi) is 2.38. The van der Waals surface area contributed by atoms with Gasteiger partial charge in [0.1, 0.15) is 11.6 Å². The zero-order chi connectivity index (χ0) is 12.7. The van der Waals surface area contributed by atoms with E-state index in [1.807, 2.05) is 5.32 Å². The van der Waals surface area contributed by atoms with Crippen LogP contribution in [0.3, 0.4) is 0 Å². The van der Waals surface area contributed by atoms with Crippen molar-refractivity contribution in [1.82, 2.24) is 0 Å². The summed E-state index contributed by atoms with van der Waals surface area (Å²) in [6, 6.07) is 1.44. The van der Waals surface area contributed by atoms with E-state index in [1.54, 1.807) is 0 Å². The number of ketones is 1. The maximum atomic E-state index is 13.3. The largest absolute Gasteiger partial charge is 0.480 e. The summed E-state index contributed by atoms with van der Waals surface area (Å²) in [5, 5.41) is 10.5. The standard InChI is InChI=1S/C10H5F2NO4/c11-3-1-2-4(12)7-5(3)8(14)6(10(16)17)9(15)13-7/h1-2,6H,(H,13,15)(H,16,17). The molecule has 0 aliphatic carbocycles. The zero-order valence-electron chi connectivity index (χ0n) is 8.16. The highest BCUT2D eigenvalue weighted by atomic mass is 19.1. The molecule has 7 heteroatoms. The number of benzene rings is 1. The molecule has 2 rings (SSSR count). The highest BCUT2D eigenvalue weighted by Gasteiger charge is 2.42. The number of anilines is 1. The molecule has 1 heterocycles. The van der Waals surface area contributed by atoms with Crippen LogP contribution in [0.5, 0.6) is 0 Å². The van der Waals surface area contributed by atoms with Crippen molar-refractivity contribution in [2.75, 3.05) is 5.32 Å². The third-order valence-corrected chi connectivity index (χ3v) is 2.37. The fraction of sp³-hybridized carbons (Fsp3) is 0.100. The number of Topliss-reactive ketones (excluding diaryl/α,β-unsaturated/α-hetero) is 1. The summed E-state index contributed by atoms with van der Waals surface area (Å²) in [6.07, 6.45) is 0. The summed E-state index contributed by atoms with van der Waals surface area (Å²) in [4.78, 5) is 33.5. The van der Waals surface area contributed by atoms with E-state index in [1.165, 1.54) is 0 Å². The molecule has 0 spiro atoms. The minimum Gasteiger partial charge on any atom is -0.480 e. The molecular weight excluding hydrogens is 236 g/mol. The van der Waals surface area contributed by atoms with E-state index < -0.39 is 46.5 Å². The maximum absolute atomic E-state index is 13.3. The van der Waals surface area contributed by atoms with Crippen LogP contribution in [0.2, 0.25) is 0 Å². The number of hydrogen-bond acceptors (Lipinski definition) is 3. The van der Waals surface area contributed by atoms with Gasteiger partial charge in [-0.2, -0.15) is 0 Å². The monoisotopic (exact) mass is 241 g/mol. The van der Waals surface area contributed by atoms with Crippen LogP contribution >= 0.6 is 0 Å². The Morgan fingerprint density at radius 1 is 1.24 bits per heavy atom. The van der Waals surface area contributed by atoms with E-state index >= 15 is 0 Å². The number of carbonyl (C=O) groups is 3. The average Bonchev–Trinajstić information content (AvgIpc) is 2.22. The average molecular weight is 241 g/mol. The Balaban J connectivity index is 2.66. The van der Waals surface area contributed by atoms with Crippen LogP contribution in [-0.4, -0.2) is 22.8 Å². The van der Waals surface area contributed by atoms with Crippen LogP contribution in [0.1, 0.15) is 10.4 Å². The Bertz CT molecular complexity index is 555. The molecule has 1 aliphatic heterocycles. The molecule has 88 valence electrons. The number of carboxylic acid groups (broad SMARTS) is 1. The number of halogens is 2. The molecule has 1 aromatic rings. The molecule has 1 amide bonds. The highest BCUT2D eigenvalue weighted by molar-refractivity contribution is 6.29. The number of nitrogens with one attached hydrogen (secondary N) is 1. The Morgan fingerprint density at radius 3 is 2.41 bits per heavy atom. The molecule has 0 fully saturated rings. The van der Waals surface area contributed by atoms with Gasteiger partial charge in [-0.25, -0.2) is 8.78 Å². The molecular formula is C10H5F2NO4. The zero-order valence-corrected chi connectivity index (χ0v) is 8.16. The molecule has 5 nitrogen and oxygen atoms in total. The predicted molar refractivity (Wildman–Crippen MR) is 50.4 cm³/mol. The summed E-state index contributed by atoms with van der Waals surface area (Å²) in [5.74, 6) is -8.25. The molecule has 1 unspecified atom stereocenters.